The van der Waals surface area contributed by atoms with E-state index in [1.807, 2.05) is 36.5 Å². The molecule has 1 saturated heterocycles. The fraction of sp³-hybridized carbons (Fsp3) is 0.333. The van der Waals surface area contributed by atoms with Crippen LogP contribution in [0, 0.1) is 0 Å². The summed E-state index contributed by atoms with van der Waals surface area (Å²) in [7, 11) is 1.71. The summed E-state index contributed by atoms with van der Waals surface area (Å²) in [5.74, 6) is 1.38. The van der Waals surface area contributed by atoms with E-state index in [1.165, 1.54) is 6.92 Å². The molecule has 1 N–H and O–H groups in total. The summed E-state index contributed by atoms with van der Waals surface area (Å²) in [6, 6.07) is 11.9. The van der Waals surface area contributed by atoms with Gasteiger partial charge in [-0.3, -0.25) is 4.79 Å². The summed E-state index contributed by atoms with van der Waals surface area (Å²) in [6.45, 7) is 5.16. The Bertz CT molecular complexity index is 694. The number of nitrogens with zero attached hydrogens (tertiary/aromatic N) is 3. The van der Waals surface area contributed by atoms with Gasteiger partial charge in [-0.05, 0) is 24.3 Å². The van der Waals surface area contributed by atoms with E-state index in [-0.39, 0.29) is 5.91 Å². The topological polar surface area (TPSA) is 57.7 Å². The van der Waals surface area contributed by atoms with Gasteiger partial charge in [-0.15, -0.1) is 0 Å². The number of pyridine rings is 1. The Morgan fingerprint density at radius 1 is 1.08 bits per heavy atom. The van der Waals surface area contributed by atoms with Gasteiger partial charge >= 0.3 is 0 Å². The normalized spacial score (nSPS) is 14.4. The second-order valence-corrected chi connectivity index (χ2v) is 5.73. The van der Waals surface area contributed by atoms with Gasteiger partial charge in [-0.25, -0.2) is 4.98 Å². The minimum atomic E-state index is -0.110. The molecule has 0 spiro atoms. The molecule has 0 radical (unpaired) electrons. The van der Waals surface area contributed by atoms with Crippen LogP contribution in [0.4, 0.5) is 17.2 Å². The average Bonchev–Trinajstić information content (AvgIpc) is 2.62. The van der Waals surface area contributed by atoms with Crippen molar-refractivity contribution in [1.82, 2.24) is 4.98 Å². The van der Waals surface area contributed by atoms with Crippen molar-refractivity contribution < 1.29 is 9.53 Å². The molecule has 0 aliphatic carbocycles. The van der Waals surface area contributed by atoms with Gasteiger partial charge in [0.2, 0.25) is 5.91 Å². The van der Waals surface area contributed by atoms with Crippen molar-refractivity contribution >= 4 is 23.1 Å². The number of anilines is 3. The summed E-state index contributed by atoms with van der Waals surface area (Å²) in [5, 5.41) is 2.69. The molecule has 1 aliphatic heterocycles. The third-order valence-corrected chi connectivity index (χ3v) is 4.12. The molecule has 1 aromatic heterocycles. The van der Waals surface area contributed by atoms with E-state index < -0.39 is 0 Å². The van der Waals surface area contributed by atoms with Crippen molar-refractivity contribution in [2.24, 2.45) is 0 Å². The number of amides is 1. The number of hydrogen-bond donors (Lipinski definition) is 1. The number of hydrogen-bond acceptors (Lipinski definition) is 5. The van der Waals surface area contributed by atoms with Crippen molar-refractivity contribution in [2.75, 3.05) is 48.4 Å². The van der Waals surface area contributed by atoms with Crippen molar-refractivity contribution in [3.63, 3.8) is 0 Å². The monoisotopic (exact) mass is 326 g/mol. The molecular formula is C18H22N4O2. The van der Waals surface area contributed by atoms with Crippen LogP contribution in [-0.4, -0.2) is 44.2 Å². The van der Waals surface area contributed by atoms with Crippen LogP contribution in [0.1, 0.15) is 6.92 Å². The summed E-state index contributed by atoms with van der Waals surface area (Å²) in [4.78, 5) is 20.0. The predicted octanol–water partition coefficient (Wildman–Crippen LogP) is 2.38. The first-order chi connectivity index (χ1) is 11.7. The maximum atomic E-state index is 11.0. The second-order valence-electron chi connectivity index (χ2n) is 5.73. The first-order valence-corrected chi connectivity index (χ1v) is 8.04. The SMILES string of the molecule is COc1ccccc1N1CCN(c2ccc(NC(C)=O)nc2)CC1. The van der Waals surface area contributed by atoms with Crippen LogP contribution < -0.4 is 19.9 Å². The molecular weight excluding hydrogens is 304 g/mol. The van der Waals surface area contributed by atoms with Gasteiger partial charge in [0.05, 0.1) is 24.7 Å². The highest BCUT2D eigenvalue weighted by atomic mass is 16.5. The van der Waals surface area contributed by atoms with E-state index in [0.717, 1.165) is 43.3 Å². The predicted molar refractivity (Wildman–Crippen MR) is 96.0 cm³/mol. The van der Waals surface area contributed by atoms with Crippen molar-refractivity contribution in [2.45, 2.75) is 6.92 Å². The molecule has 24 heavy (non-hydrogen) atoms. The number of rotatable bonds is 4. The standard InChI is InChI=1S/C18H22N4O2/c1-14(23)20-18-8-7-15(13-19-18)21-9-11-22(12-10-21)16-5-3-4-6-17(16)24-2/h3-8,13H,9-12H2,1-2H3,(H,19,20,23). The lowest BCUT2D eigenvalue weighted by molar-refractivity contribution is -0.114. The van der Waals surface area contributed by atoms with E-state index in [0.29, 0.717) is 5.82 Å². The third-order valence-electron chi connectivity index (χ3n) is 4.12. The first-order valence-electron chi connectivity index (χ1n) is 8.04. The molecule has 2 aromatic rings. The van der Waals surface area contributed by atoms with Crippen LogP contribution in [0.5, 0.6) is 5.75 Å². The molecule has 2 heterocycles. The first kappa shape index (κ1) is 16.1. The molecule has 0 unspecified atom stereocenters. The van der Waals surface area contributed by atoms with Gasteiger partial charge in [0.15, 0.2) is 0 Å². The number of aromatic nitrogens is 1. The molecule has 0 atom stereocenters. The Kier molecular flexibility index (Phi) is 4.84. The van der Waals surface area contributed by atoms with Gasteiger partial charge in [0.25, 0.3) is 0 Å². The fourth-order valence-corrected chi connectivity index (χ4v) is 2.92. The minimum Gasteiger partial charge on any atom is -0.495 e. The molecule has 0 saturated carbocycles. The lowest BCUT2D eigenvalue weighted by Crippen LogP contribution is -2.46. The van der Waals surface area contributed by atoms with Crippen LogP contribution in [0.25, 0.3) is 0 Å². The molecule has 3 rings (SSSR count). The molecule has 1 fully saturated rings. The largest absolute Gasteiger partial charge is 0.495 e. The number of carbonyl (C=O) groups is 1. The maximum Gasteiger partial charge on any atom is 0.222 e. The van der Waals surface area contributed by atoms with E-state index in [9.17, 15) is 4.79 Å². The summed E-state index contributed by atoms with van der Waals surface area (Å²) < 4.78 is 5.46. The van der Waals surface area contributed by atoms with Crippen LogP contribution >= 0.6 is 0 Å². The van der Waals surface area contributed by atoms with Gasteiger partial charge < -0.3 is 19.9 Å². The summed E-state index contributed by atoms with van der Waals surface area (Å²) in [6.07, 6.45) is 1.81. The van der Waals surface area contributed by atoms with Gasteiger partial charge in [0.1, 0.15) is 11.6 Å². The van der Waals surface area contributed by atoms with E-state index in [1.54, 1.807) is 7.11 Å². The van der Waals surface area contributed by atoms with Crippen molar-refractivity contribution in [3.05, 3.63) is 42.6 Å². The van der Waals surface area contributed by atoms with Crippen molar-refractivity contribution in [3.8, 4) is 5.75 Å². The number of para-hydroxylation sites is 2. The van der Waals surface area contributed by atoms with Crippen LogP contribution in [0.3, 0.4) is 0 Å². The molecule has 1 aliphatic rings. The van der Waals surface area contributed by atoms with Crippen molar-refractivity contribution in [1.29, 1.82) is 0 Å². The van der Waals surface area contributed by atoms with Gasteiger partial charge in [-0.2, -0.15) is 0 Å². The quantitative estimate of drug-likeness (QED) is 0.935. The van der Waals surface area contributed by atoms with Crippen LogP contribution in [0.15, 0.2) is 42.6 Å². The van der Waals surface area contributed by atoms with Crippen LogP contribution in [-0.2, 0) is 4.79 Å². The smallest absolute Gasteiger partial charge is 0.222 e. The number of carbonyl (C=O) groups excluding carboxylic acids is 1. The summed E-state index contributed by atoms with van der Waals surface area (Å²) in [5.41, 5.74) is 2.21. The number of ether oxygens (including phenoxy) is 1. The Hall–Kier alpha value is -2.76. The zero-order chi connectivity index (χ0) is 16.9. The third kappa shape index (κ3) is 3.59. The highest BCUT2D eigenvalue weighted by Gasteiger charge is 2.19. The molecule has 1 aromatic carbocycles. The second kappa shape index (κ2) is 7.21. The Balaban J connectivity index is 1.63. The Labute approximate surface area is 142 Å². The molecule has 6 heteroatoms. The number of piperazine rings is 1. The Morgan fingerprint density at radius 3 is 2.42 bits per heavy atom. The van der Waals surface area contributed by atoms with Gasteiger partial charge in [0, 0.05) is 33.1 Å². The zero-order valence-corrected chi connectivity index (χ0v) is 14.0. The summed E-state index contributed by atoms with van der Waals surface area (Å²) >= 11 is 0. The lowest BCUT2D eigenvalue weighted by atomic mass is 10.2. The van der Waals surface area contributed by atoms with E-state index >= 15 is 0 Å². The van der Waals surface area contributed by atoms with E-state index in [4.69, 9.17) is 4.74 Å². The lowest BCUT2D eigenvalue weighted by Gasteiger charge is -2.37. The fourth-order valence-electron chi connectivity index (χ4n) is 2.92. The Morgan fingerprint density at radius 2 is 1.79 bits per heavy atom. The molecule has 0 bridgehead atoms. The van der Waals surface area contributed by atoms with E-state index in [2.05, 4.69) is 26.2 Å². The molecule has 6 nitrogen and oxygen atoms in total. The highest BCUT2D eigenvalue weighted by Crippen LogP contribution is 2.29. The van der Waals surface area contributed by atoms with Gasteiger partial charge in [-0.1, -0.05) is 12.1 Å². The number of benzene rings is 1. The van der Waals surface area contributed by atoms with Crippen LogP contribution in [0.2, 0.25) is 0 Å². The number of methoxy groups -OCH3 is 1. The average molecular weight is 326 g/mol. The zero-order valence-electron chi connectivity index (χ0n) is 14.0. The maximum absolute atomic E-state index is 11.0. The highest BCUT2D eigenvalue weighted by molar-refractivity contribution is 5.87. The molecule has 1 amide bonds. The minimum absolute atomic E-state index is 0.110. The number of nitrogens with one attached hydrogen (secondary N) is 1. The molecule has 126 valence electrons.